The van der Waals surface area contributed by atoms with Gasteiger partial charge in [-0.05, 0) is 43.5 Å². The van der Waals surface area contributed by atoms with E-state index in [0.29, 0.717) is 0 Å². The fourth-order valence-corrected chi connectivity index (χ4v) is 3.11. The maximum absolute atomic E-state index is 11.0. The molecule has 0 saturated carbocycles. The molecule has 1 aliphatic rings. The summed E-state index contributed by atoms with van der Waals surface area (Å²) in [5.41, 5.74) is 2.11. The van der Waals surface area contributed by atoms with Gasteiger partial charge in [-0.2, -0.15) is 0 Å². The minimum Gasteiger partial charge on any atom is -0.481 e. The largest absolute Gasteiger partial charge is 0.481 e. The van der Waals surface area contributed by atoms with E-state index in [-0.39, 0.29) is 12.5 Å². The maximum atomic E-state index is 11.0. The molecule has 0 radical (unpaired) electrons. The number of nitrogens with zero attached hydrogens (tertiary/aromatic N) is 1. The molecule has 0 amide bonds. The first-order valence-electron chi connectivity index (χ1n) is 7.95. The highest BCUT2D eigenvalue weighted by Gasteiger charge is 2.26. The molecule has 1 heterocycles. The van der Waals surface area contributed by atoms with Crippen LogP contribution >= 0.6 is 0 Å². The van der Waals surface area contributed by atoms with Gasteiger partial charge in [0.15, 0.2) is 0 Å². The van der Waals surface area contributed by atoms with Crippen LogP contribution in [0.1, 0.15) is 24.8 Å². The van der Waals surface area contributed by atoms with Crippen LogP contribution in [0.2, 0.25) is 0 Å². The van der Waals surface area contributed by atoms with Crippen molar-refractivity contribution in [2.24, 2.45) is 0 Å². The van der Waals surface area contributed by atoms with Gasteiger partial charge in [-0.1, -0.05) is 24.3 Å². The lowest BCUT2D eigenvalue weighted by atomic mass is 10.1. The van der Waals surface area contributed by atoms with Crippen LogP contribution in [0.15, 0.2) is 48.5 Å². The predicted molar refractivity (Wildman–Crippen MR) is 90.3 cm³/mol. The van der Waals surface area contributed by atoms with Crippen LogP contribution in [0.5, 0.6) is 11.5 Å². The summed E-state index contributed by atoms with van der Waals surface area (Å²) in [6.07, 6.45) is 2.14. The Hall–Kier alpha value is -2.49. The summed E-state index contributed by atoms with van der Waals surface area (Å²) in [6.45, 7) is 2.91. The highest BCUT2D eigenvalue weighted by atomic mass is 16.5. The number of hydrogen-bond acceptors (Lipinski definition) is 3. The number of aryl methyl sites for hydroxylation is 1. The molecule has 4 nitrogen and oxygen atoms in total. The molecular weight excluding hydrogens is 290 g/mol. The van der Waals surface area contributed by atoms with Gasteiger partial charge in [-0.3, -0.25) is 4.79 Å². The molecule has 4 heteroatoms. The molecule has 2 aromatic rings. The average Bonchev–Trinajstić information content (AvgIpc) is 2.97. The Morgan fingerprint density at radius 3 is 2.87 bits per heavy atom. The summed E-state index contributed by atoms with van der Waals surface area (Å²) in [5, 5.41) is 9.07. The van der Waals surface area contributed by atoms with Crippen molar-refractivity contribution in [2.75, 3.05) is 11.4 Å². The van der Waals surface area contributed by atoms with Crippen LogP contribution in [0, 0.1) is 6.92 Å². The monoisotopic (exact) mass is 311 g/mol. The normalized spacial score (nSPS) is 17.3. The fraction of sp³-hybridized carbons (Fsp3) is 0.316. The molecule has 1 aliphatic heterocycles. The highest BCUT2D eigenvalue weighted by Crippen LogP contribution is 2.32. The Balaban J connectivity index is 1.80. The van der Waals surface area contributed by atoms with Crippen LogP contribution < -0.4 is 9.64 Å². The van der Waals surface area contributed by atoms with Crippen LogP contribution in [0.4, 0.5) is 5.69 Å². The van der Waals surface area contributed by atoms with Crippen molar-refractivity contribution in [3.05, 3.63) is 54.1 Å². The molecule has 1 atom stereocenters. The number of benzene rings is 2. The highest BCUT2D eigenvalue weighted by molar-refractivity contribution is 5.69. The van der Waals surface area contributed by atoms with Crippen LogP contribution in [0.3, 0.4) is 0 Å². The SMILES string of the molecule is Cc1ccccc1Oc1cccc(N2CCCC2CC(=O)O)c1. The first-order valence-corrected chi connectivity index (χ1v) is 7.95. The van der Waals surface area contributed by atoms with Gasteiger partial charge in [-0.15, -0.1) is 0 Å². The van der Waals surface area contributed by atoms with Gasteiger partial charge in [0.1, 0.15) is 11.5 Å². The van der Waals surface area contributed by atoms with Gasteiger partial charge in [0.2, 0.25) is 0 Å². The maximum Gasteiger partial charge on any atom is 0.305 e. The smallest absolute Gasteiger partial charge is 0.305 e. The van der Waals surface area contributed by atoms with E-state index in [1.807, 2.05) is 55.5 Å². The standard InChI is InChI=1S/C19H21NO3/c1-14-6-2-3-10-18(14)23-17-9-4-7-15(12-17)20-11-5-8-16(20)13-19(21)22/h2-4,6-7,9-10,12,16H,5,8,11,13H2,1H3,(H,21,22). The lowest BCUT2D eigenvalue weighted by Crippen LogP contribution is -2.31. The minimum atomic E-state index is -0.741. The van der Waals surface area contributed by atoms with Crippen molar-refractivity contribution in [3.63, 3.8) is 0 Å². The van der Waals surface area contributed by atoms with Crippen LogP contribution in [-0.4, -0.2) is 23.7 Å². The van der Waals surface area contributed by atoms with Gasteiger partial charge in [0.05, 0.1) is 6.42 Å². The second-order valence-electron chi connectivity index (χ2n) is 5.95. The summed E-state index contributed by atoms with van der Waals surface area (Å²) in [6, 6.07) is 15.9. The number of para-hydroxylation sites is 1. The number of anilines is 1. The first kappa shape index (κ1) is 15.4. The third-order valence-electron chi connectivity index (χ3n) is 4.26. The van der Waals surface area contributed by atoms with Gasteiger partial charge in [-0.25, -0.2) is 0 Å². The molecule has 0 spiro atoms. The Morgan fingerprint density at radius 2 is 2.09 bits per heavy atom. The second kappa shape index (κ2) is 6.73. The number of hydrogen-bond donors (Lipinski definition) is 1. The summed E-state index contributed by atoms with van der Waals surface area (Å²) < 4.78 is 5.98. The summed E-state index contributed by atoms with van der Waals surface area (Å²) in [7, 11) is 0. The summed E-state index contributed by atoms with van der Waals surface area (Å²) in [5.74, 6) is 0.875. The molecule has 0 aliphatic carbocycles. The molecule has 23 heavy (non-hydrogen) atoms. The number of carboxylic acid groups (broad SMARTS) is 1. The van der Waals surface area contributed by atoms with Crippen molar-refractivity contribution in [2.45, 2.75) is 32.2 Å². The minimum absolute atomic E-state index is 0.0706. The zero-order valence-electron chi connectivity index (χ0n) is 13.2. The Kier molecular flexibility index (Phi) is 4.51. The Labute approximate surface area is 136 Å². The fourth-order valence-electron chi connectivity index (χ4n) is 3.11. The van der Waals surface area contributed by atoms with E-state index >= 15 is 0 Å². The number of carboxylic acids is 1. The molecule has 1 unspecified atom stereocenters. The number of carbonyl (C=O) groups is 1. The van der Waals surface area contributed by atoms with Crippen LogP contribution in [-0.2, 0) is 4.79 Å². The zero-order valence-corrected chi connectivity index (χ0v) is 13.2. The zero-order chi connectivity index (χ0) is 16.2. The van der Waals surface area contributed by atoms with E-state index in [1.54, 1.807) is 0 Å². The van der Waals surface area contributed by atoms with E-state index in [2.05, 4.69) is 4.90 Å². The van der Waals surface area contributed by atoms with Crippen molar-refractivity contribution < 1.29 is 14.6 Å². The molecule has 1 N–H and O–H groups in total. The van der Waals surface area contributed by atoms with E-state index < -0.39 is 5.97 Å². The van der Waals surface area contributed by atoms with Gasteiger partial charge in [0, 0.05) is 24.3 Å². The Morgan fingerprint density at radius 1 is 1.26 bits per heavy atom. The van der Waals surface area contributed by atoms with E-state index in [4.69, 9.17) is 9.84 Å². The number of aliphatic carboxylic acids is 1. The van der Waals surface area contributed by atoms with Gasteiger partial charge < -0.3 is 14.7 Å². The van der Waals surface area contributed by atoms with E-state index in [1.165, 1.54) is 0 Å². The molecule has 3 rings (SSSR count). The molecule has 1 saturated heterocycles. The first-order chi connectivity index (χ1) is 11.1. The van der Waals surface area contributed by atoms with Crippen LogP contribution in [0.25, 0.3) is 0 Å². The van der Waals surface area contributed by atoms with Crippen molar-refractivity contribution in [3.8, 4) is 11.5 Å². The molecule has 2 aromatic carbocycles. The number of rotatable bonds is 5. The quantitative estimate of drug-likeness (QED) is 0.897. The molecule has 120 valence electrons. The summed E-state index contributed by atoms with van der Waals surface area (Å²) >= 11 is 0. The second-order valence-corrected chi connectivity index (χ2v) is 5.95. The van der Waals surface area contributed by atoms with Crippen molar-refractivity contribution in [1.29, 1.82) is 0 Å². The summed E-state index contributed by atoms with van der Waals surface area (Å²) in [4.78, 5) is 13.2. The topological polar surface area (TPSA) is 49.8 Å². The third-order valence-corrected chi connectivity index (χ3v) is 4.26. The average molecular weight is 311 g/mol. The van der Waals surface area contributed by atoms with Gasteiger partial charge in [0.25, 0.3) is 0 Å². The van der Waals surface area contributed by atoms with E-state index in [0.717, 1.165) is 42.1 Å². The van der Waals surface area contributed by atoms with Gasteiger partial charge >= 0.3 is 5.97 Å². The molecule has 0 aromatic heterocycles. The lowest BCUT2D eigenvalue weighted by Gasteiger charge is -2.26. The number of ether oxygens (including phenoxy) is 1. The van der Waals surface area contributed by atoms with Crippen molar-refractivity contribution >= 4 is 11.7 Å². The molecule has 1 fully saturated rings. The molecular formula is C19H21NO3. The third kappa shape index (κ3) is 3.65. The predicted octanol–water partition coefficient (Wildman–Crippen LogP) is 4.23. The van der Waals surface area contributed by atoms with Crippen molar-refractivity contribution in [1.82, 2.24) is 0 Å². The lowest BCUT2D eigenvalue weighted by molar-refractivity contribution is -0.137. The Bertz CT molecular complexity index is 699. The molecule has 0 bridgehead atoms. The van der Waals surface area contributed by atoms with E-state index in [9.17, 15) is 4.79 Å².